The summed E-state index contributed by atoms with van der Waals surface area (Å²) >= 11 is 0. The maximum atomic E-state index is 10.5. The Morgan fingerprint density at radius 1 is 1.36 bits per heavy atom. The monoisotopic (exact) mass is 218 g/mol. The molecular weight excluding hydrogens is 207 g/mol. The Bertz CT molecular complexity index is 299. The molecule has 0 saturated carbocycles. The first-order chi connectivity index (χ1) is 6.09. The summed E-state index contributed by atoms with van der Waals surface area (Å²) in [6, 6.07) is 5.81. The molecule has 0 aromatic heterocycles. The first-order valence-electron chi connectivity index (χ1n) is 3.93. The third-order valence-corrected chi connectivity index (χ3v) is 1.77. The molecule has 5 N–H and O–H groups in total. The summed E-state index contributed by atoms with van der Waals surface area (Å²) in [7, 11) is 0. The molecule has 0 fully saturated rings. The lowest BCUT2D eigenvalue weighted by Crippen LogP contribution is -3.00. The van der Waals surface area contributed by atoms with Crippen molar-refractivity contribution in [1.29, 1.82) is 0 Å². The van der Waals surface area contributed by atoms with E-state index in [1.807, 2.05) is 0 Å². The molecule has 0 aliphatic rings. The molecule has 1 atom stereocenters. The van der Waals surface area contributed by atoms with Crippen LogP contribution < -0.4 is 18.1 Å². The van der Waals surface area contributed by atoms with Gasteiger partial charge in [-0.3, -0.25) is 0 Å². The Morgan fingerprint density at radius 3 is 2.29 bits per heavy atom. The van der Waals surface area contributed by atoms with Crippen LogP contribution >= 0.6 is 0 Å². The van der Waals surface area contributed by atoms with Crippen LogP contribution in [0.25, 0.3) is 0 Å². The smallest absolute Gasteiger partial charge is 0.362 e. The van der Waals surface area contributed by atoms with Crippen LogP contribution in [0.1, 0.15) is 5.56 Å². The first kappa shape index (κ1) is 12.7. The lowest BCUT2D eigenvalue weighted by Gasteiger charge is -2.02. The van der Waals surface area contributed by atoms with E-state index in [-0.39, 0.29) is 18.2 Å². The maximum Gasteiger partial charge on any atom is 0.362 e. The standard InChI is InChI=1S/C9H11NO3.ClH/c10-8(9(12)13)5-6-1-3-7(11)4-2-6;/h1-4,8,11H,5,10H2,(H,12,13);1H/i9+1;. The minimum atomic E-state index is -0.909. The average Bonchev–Trinajstić information content (AvgIpc) is 2.08. The lowest BCUT2D eigenvalue weighted by molar-refractivity contribution is -0.407. The fourth-order valence-corrected chi connectivity index (χ4v) is 1.00. The van der Waals surface area contributed by atoms with Gasteiger partial charge in [0, 0.05) is 6.42 Å². The number of phenolic OH excluding ortho intramolecular Hbond substituents is 1. The molecule has 0 aliphatic heterocycles. The zero-order valence-electron chi connectivity index (χ0n) is 7.48. The predicted octanol–water partition coefficient (Wildman–Crippen LogP) is -3.37. The highest BCUT2D eigenvalue weighted by Gasteiger charge is 2.15. The second-order valence-corrected chi connectivity index (χ2v) is 2.91. The first-order valence-corrected chi connectivity index (χ1v) is 3.93. The van der Waals surface area contributed by atoms with Gasteiger partial charge in [0.05, 0.1) is 0 Å². The minimum Gasteiger partial charge on any atom is -1.00 e. The van der Waals surface area contributed by atoms with Crippen molar-refractivity contribution < 1.29 is 33.1 Å². The van der Waals surface area contributed by atoms with E-state index in [1.54, 1.807) is 12.1 Å². The number of hydrogen-bond donors (Lipinski definition) is 3. The van der Waals surface area contributed by atoms with E-state index in [9.17, 15) is 4.79 Å². The molecule has 0 bridgehead atoms. The number of halogens is 1. The van der Waals surface area contributed by atoms with Crippen LogP contribution in [-0.2, 0) is 11.2 Å². The molecule has 0 amide bonds. The Balaban J connectivity index is 0.00000169. The quantitative estimate of drug-likeness (QED) is 0.463. The number of phenols is 1. The summed E-state index contributed by atoms with van der Waals surface area (Å²) in [5.74, 6) is -0.729. The van der Waals surface area contributed by atoms with Crippen molar-refractivity contribution in [3.05, 3.63) is 29.8 Å². The van der Waals surface area contributed by atoms with Crippen molar-refractivity contribution >= 4 is 5.97 Å². The van der Waals surface area contributed by atoms with Crippen LogP contribution in [0.5, 0.6) is 5.75 Å². The zero-order chi connectivity index (χ0) is 9.84. The number of hydrogen-bond acceptors (Lipinski definition) is 2. The van der Waals surface area contributed by atoms with Crippen molar-refractivity contribution in [3.8, 4) is 5.75 Å². The zero-order valence-corrected chi connectivity index (χ0v) is 8.24. The maximum absolute atomic E-state index is 10.5. The number of benzene rings is 1. The van der Waals surface area contributed by atoms with Gasteiger partial charge in [0.1, 0.15) is 5.75 Å². The fraction of sp³-hybridized carbons (Fsp3) is 0.222. The molecule has 1 rings (SSSR count). The number of aromatic hydroxyl groups is 1. The number of carboxylic acid groups (broad SMARTS) is 1. The molecule has 0 saturated heterocycles. The van der Waals surface area contributed by atoms with Gasteiger partial charge in [0.25, 0.3) is 0 Å². The van der Waals surface area contributed by atoms with E-state index in [4.69, 9.17) is 10.2 Å². The second-order valence-electron chi connectivity index (χ2n) is 2.91. The number of quaternary nitrogens is 1. The van der Waals surface area contributed by atoms with Gasteiger partial charge >= 0.3 is 5.97 Å². The molecule has 5 heteroatoms. The van der Waals surface area contributed by atoms with Crippen LogP contribution in [-0.4, -0.2) is 22.2 Å². The van der Waals surface area contributed by atoms with Crippen LogP contribution in [0, 0.1) is 0 Å². The highest BCUT2D eigenvalue weighted by atomic mass is 35.5. The lowest BCUT2D eigenvalue weighted by atomic mass is 10.1. The van der Waals surface area contributed by atoms with Crippen LogP contribution in [0.2, 0.25) is 0 Å². The highest BCUT2D eigenvalue weighted by Crippen LogP contribution is 2.10. The van der Waals surface area contributed by atoms with Crippen molar-refractivity contribution in [2.75, 3.05) is 0 Å². The Kier molecular flexibility index (Phi) is 4.97. The van der Waals surface area contributed by atoms with Gasteiger partial charge in [-0.05, 0) is 17.7 Å². The van der Waals surface area contributed by atoms with Gasteiger partial charge in [-0.2, -0.15) is 0 Å². The second kappa shape index (κ2) is 5.47. The Morgan fingerprint density at radius 2 is 1.86 bits per heavy atom. The van der Waals surface area contributed by atoms with E-state index in [0.29, 0.717) is 6.42 Å². The number of carbonyl (C=O) groups is 1. The van der Waals surface area contributed by atoms with Crippen LogP contribution in [0.4, 0.5) is 0 Å². The molecule has 14 heavy (non-hydrogen) atoms. The number of carboxylic acids is 1. The normalized spacial score (nSPS) is 11.5. The van der Waals surface area contributed by atoms with Gasteiger partial charge in [0.2, 0.25) is 0 Å². The molecule has 1 aromatic rings. The van der Waals surface area contributed by atoms with Crippen LogP contribution in [0.3, 0.4) is 0 Å². The van der Waals surface area contributed by atoms with Gasteiger partial charge in [0.15, 0.2) is 6.04 Å². The van der Waals surface area contributed by atoms with Crippen molar-refractivity contribution in [2.45, 2.75) is 12.5 Å². The Hall–Kier alpha value is -1.26. The highest BCUT2D eigenvalue weighted by molar-refractivity contribution is 5.71. The van der Waals surface area contributed by atoms with E-state index in [1.165, 1.54) is 12.1 Å². The predicted molar refractivity (Wildman–Crippen MR) is 46.1 cm³/mol. The van der Waals surface area contributed by atoms with Crippen LogP contribution in [0.15, 0.2) is 24.3 Å². The summed E-state index contributed by atoms with van der Waals surface area (Å²) in [4.78, 5) is 10.5. The summed E-state index contributed by atoms with van der Waals surface area (Å²) in [5, 5.41) is 17.6. The number of aliphatic carboxylic acids is 1. The van der Waals surface area contributed by atoms with E-state index in [0.717, 1.165) is 5.56 Å². The Labute approximate surface area is 87.8 Å². The van der Waals surface area contributed by atoms with Gasteiger partial charge in [-0.15, -0.1) is 0 Å². The number of rotatable bonds is 3. The van der Waals surface area contributed by atoms with E-state index < -0.39 is 12.0 Å². The fourth-order valence-electron chi connectivity index (χ4n) is 1.00. The third-order valence-electron chi connectivity index (χ3n) is 1.77. The molecule has 1 unspecified atom stereocenters. The molecule has 0 spiro atoms. The SMILES string of the molecule is [Cl-].[NH3+]C(Cc1ccc(O)cc1)[13C](=O)O. The van der Waals surface area contributed by atoms with Gasteiger partial charge < -0.3 is 28.4 Å². The third kappa shape index (κ3) is 3.64. The van der Waals surface area contributed by atoms with E-state index >= 15 is 0 Å². The summed E-state index contributed by atoms with van der Waals surface area (Å²) in [6.45, 7) is 0. The topological polar surface area (TPSA) is 85.2 Å². The molecule has 0 radical (unpaired) electrons. The largest absolute Gasteiger partial charge is 1.00 e. The minimum absolute atomic E-state index is 0. The van der Waals surface area contributed by atoms with E-state index in [2.05, 4.69) is 5.73 Å². The van der Waals surface area contributed by atoms with Crippen molar-refractivity contribution in [3.63, 3.8) is 0 Å². The van der Waals surface area contributed by atoms with Crippen molar-refractivity contribution in [2.24, 2.45) is 0 Å². The van der Waals surface area contributed by atoms with Gasteiger partial charge in [-0.25, -0.2) is 4.79 Å². The van der Waals surface area contributed by atoms with Gasteiger partial charge in [-0.1, -0.05) is 12.1 Å². The summed E-state index contributed by atoms with van der Waals surface area (Å²) in [5.41, 5.74) is 4.35. The molecule has 0 aliphatic carbocycles. The molecule has 78 valence electrons. The molecule has 4 nitrogen and oxygen atoms in total. The molecule has 1 aromatic carbocycles. The molecular formula is C9H12ClNO3. The summed E-state index contributed by atoms with van der Waals surface area (Å²) in [6.07, 6.45) is 0.385. The summed E-state index contributed by atoms with van der Waals surface area (Å²) < 4.78 is 0. The average molecular weight is 219 g/mol. The molecule has 0 heterocycles. The van der Waals surface area contributed by atoms with Crippen molar-refractivity contribution in [1.82, 2.24) is 0 Å².